The van der Waals surface area contributed by atoms with Crippen LogP contribution in [-0.2, 0) is 15.7 Å². The average Bonchev–Trinajstić information content (AvgIpc) is 2.78. The highest BCUT2D eigenvalue weighted by atomic mass is 19.4. The lowest BCUT2D eigenvalue weighted by molar-refractivity contribution is -0.210. The van der Waals surface area contributed by atoms with Crippen LogP contribution in [0.3, 0.4) is 0 Å². The van der Waals surface area contributed by atoms with E-state index < -0.39 is 17.5 Å². The maximum atomic E-state index is 13.1. The Bertz CT molecular complexity index is 780. The monoisotopic (exact) mass is 436 g/mol. The molecule has 172 valence electrons. The Hall–Kier alpha value is -1.85. The van der Waals surface area contributed by atoms with Crippen molar-refractivity contribution < 1.29 is 22.6 Å². The first-order chi connectivity index (χ1) is 14.7. The van der Waals surface area contributed by atoms with E-state index in [0.29, 0.717) is 5.56 Å². The molecule has 0 saturated carbocycles. The van der Waals surface area contributed by atoms with Crippen LogP contribution in [0.1, 0.15) is 75.8 Å². The van der Waals surface area contributed by atoms with Crippen molar-refractivity contribution in [1.82, 2.24) is 0 Å². The van der Waals surface area contributed by atoms with Crippen LogP contribution in [0.5, 0.6) is 0 Å². The fourth-order valence-corrected chi connectivity index (χ4v) is 4.01. The Morgan fingerprint density at radius 1 is 0.806 bits per heavy atom. The van der Waals surface area contributed by atoms with Gasteiger partial charge in [-0.15, -0.1) is 0 Å². The summed E-state index contributed by atoms with van der Waals surface area (Å²) in [6.45, 7) is 4.15. The van der Waals surface area contributed by atoms with Crippen molar-refractivity contribution in [3.63, 3.8) is 0 Å². The van der Waals surface area contributed by atoms with E-state index in [1.54, 1.807) is 20.3 Å². The second-order valence-electron chi connectivity index (χ2n) is 8.23. The molecular formula is C26H35F3O2. The Balaban J connectivity index is 2.19. The summed E-state index contributed by atoms with van der Waals surface area (Å²) in [6.07, 6.45) is 3.81. The summed E-state index contributed by atoms with van der Waals surface area (Å²) in [7, 11) is 3.30. The van der Waals surface area contributed by atoms with E-state index in [9.17, 15) is 13.2 Å². The maximum absolute atomic E-state index is 13.1. The van der Waals surface area contributed by atoms with Crippen LogP contribution in [0, 0.1) is 0 Å². The van der Waals surface area contributed by atoms with E-state index in [4.69, 9.17) is 9.47 Å². The number of hydrogen-bond acceptors (Lipinski definition) is 2. The molecule has 0 bridgehead atoms. The Labute approximate surface area is 184 Å². The fraction of sp³-hybridized carbons (Fsp3) is 0.538. The van der Waals surface area contributed by atoms with Gasteiger partial charge in [-0.05, 0) is 42.2 Å². The van der Waals surface area contributed by atoms with E-state index in [1.165, 1.54) is 44.2 Å². The molecule has 0 spiro atoms. The van der Waals surface area contributed by atoms with Gasteiger partial charge in [0.25, 0.3) is 0 Å². The van der Waals surface area contributed by atoms with E-state index in [0.717, 1.165) is 30.0 Å². The summed E-state index contributed by atoms with van der Waals surface area (Å²) < 4.78 is 50.6. The molecule has 2 aromatic rings. The summed E-state index contributed by atoms with van der Waals surface area (Å²) in [5, 5.41) is 0. The summed E-state index contributed by atoms with van der Waals surface area (Å²) >= 11 is 0. The van der Waals surface area contributed by atoms with E-state index >= 15 is 0 Å². The van der Waals surface area contributed by atoms with E-state index in [2.05, 4.69) is 6.92 Å². The second kappa shape index (κ2) is 11.7. The van der Waals surface area contributed by atoms with Crippen LogP contribution in [0.2, 0.25) is 0 Å². The largest absolute Gasteiger partial charge is 0.416 e. The molecule has 0 aliphatic carbocycles. The zero-order valence-corrected chi connectivity index (χ0v) is 19.1. The molecule has 0 saturated heterocycles. The van der Waals surface area contributed by atoms with Crippen molar-refractivity contribution in [2.75, 3.05) is 14.2 Å². The molecule has 1 atom stereocenters. The van der Waals surface area contributed by atoms with Gasteiger partial charge in [-0.3, -0.25) is 0 Å². The molecule has 0 aliphatic heterocycles. The first kappa shape index (κ1) is 25.4. The molecule has 0 amide bonds. The number of unbranched alkanes of at least 4 members (excludes halogenated alkanes) is 5. The Kier molecular flexibility index (Phi) is 9.57. The van der Waals surface area contributed by atoms with Gasteiger partial charge in [0.2, 0.25) is 0 Å². The van der Waals surface area contributed by atoms with Gasteiger partial charge in [-0.1, -0.05) is 81.8 Å². The van der Waals surface area contributed by atoms with Crippen molar-refractivity contribution in [2.45, 2.75) is 76.7 Å². The Morgan fingerprint density at radius 2 is 1.42 bits per heavy atom. The van der Waals surface area contributed by atoms with E-state index in [1.807, 2.05) is 31.2 Å². The van der Waals surface area contributed by atoms with Gasteiger partial charge >= 0.3 is 6.18 Å². The third-order valence-corrected chi connectivity index (χ3v) is 6.13. The van der Waals surface area contributed by atoms with Gasteiger partial charge in [0.1, 0.15) is 0 Å². The summed E-state index contributed by atoms with van der Waals surface area (Å²) in [5.74, 6) is -0.731. The standard InChI is InChI=1S/C26H35F3O2/c1-5-6-7-8-9-10-14-24(25(2,30-3)31-4)21-17-15-20(16-18-21)22-12-11-13-23(19-22)26(27,28)29/h11-13,15-19,24H,5-10,14H2,1-4H3. The minimum Gasteiger partial charge on any atom is -0.353 e. The van der Waals surface area contributed by atoms with Gasteiger partial charge in [0.15, 0.2) is 5.79 Å². The highest BCUT2D eigenvalue weighted by molar-refractivity contribution is 5.64. The van der Waals surface area contributed by atoms with Gasteiger partial charge in [-0.25, -0.2) is 0 Å². The third-order valence-electron chi connectivity index (χ3n) is 6.13. The number of alkyl halides is 3. The van der Waals surface area contributed by atoms with Gasteiger partial charge in [0.05, 0.1) is 5.56 Å². The van der Waals surface area contributed by atoms with Crippen LogP contribution >= 0.6 is 0 Å². The lowest BCUT2D eigenvalue weighted by Gasteiger charge is -2.35. The lowest BCUT2D eigenvalue weighted by atomic mass is 9.85. The minimum atomic E-state index is -4.35. The lowest BCUT2D eigenvalue weighted by Crippen LogP contribution is -2.37. The summed E-state index contributed by atoms with van der Waals surface area (Å²) in [6, 6.07) is 13.2. The zero-order chi connectivity index (χ0) is 22.9. The molecule has 2 rings (SSSR count). The molecule has 0 radical (unpaired) electrons. The van der Waals surface area contributed by atoms with Crippen molar-refractivity contribution >= 4 is 0 Å². The van der Waals surface area contributed by atoms with Crippen LogP contribution in [-0.4, -0.2) is 20.0 Å². The number of rotatable bonds is 12. The smallest absolute Gasteiger partial charge is 0.353 e. The summed E-state index contributed by atoms with van der Waals surface area (Å²) in [5.41, 5.74) is 1.73. The first-order valence-electron chi connectivity index (χ1n) is 11.1. The van der Waals surface area contributed by atoms with Crippen LogP contribution < -0.4 is 0 Å². The normalized spacial score (nSPS) is 13.4. The van der Waals surface area contributed by atoms with Crippen molar-refractivity contribution in [1.29, 1.82) is 0 Å². The number of hydrogen-bond donors (Lipinski definition) is 0. The van der Waals surface area contributed by atoms with E-state index in [-0.39, 0.29) is 5.92 Å². The molecule has 0 aromatic heterocycles. The van der Waals surface area contributed by atoms with Crippen molar-refractivity contribution in [3.05, 3.63) is 59.7 Å². The molecular weight excluding hydrogens is 401 g/mol. The van der Waals surface area contributed by atoms with Crippen molar-refractivity contribution in [3.8, 4) is 11.1 Å². The molecule has 5 heteroatoms. The molecule has 0 heterocycles. The molecule has 2 aromatic carbocycles. The SMILES string of the molecule is CCCCCCCCC(c1ccc(-c2cccc(C(F)(F)F)c2)cc1)C(C)(OC)OC. The number of ether oxygens (including phenoxy) is 2. The molecule has 31 heavy (non-hydrogen) atoms. The molecule has 0 fully saturated rings. The molecule has 0 N–H and O–H groups in total. The second-order valence-corrected chi connectivity index (χ2v) is 8.23. The number of halogens is 3. The molecule has 0 aliphatic rings. The van der Waals surface area contributed by atoms with Crippen LogP contribution in [0.4, 0.5) is 13.2 Å². The van der Waals surface area contributed by atoms with Crippen molar-refractivity contribution in [2.24, 2.45) is 0 Å². The first-order valence-corrected chi connectivity index (χ1v) is 11.1. The molecule has 1 unspecified atom stereocenters. The quantitative estimate of drug-likeness (QED) is 0.246. The Morgan fingerprint density at radius 3 is 2.00 bits per heavy atom. The summed E-state index contributed by atoms with van der Waals surface area (Å²) in [4.78, 5) is 0. The van der Waals surface area contributed by atoms with Gasteiger partial charge < -0.3 is 9.47 Å². The molecule has 2 nitrogen and oxygen atoms in total. The van der Waals surface area contributed by atoms with Crippen LogP contribution in [0.15, 0.2) is 48.5 Å². The predicted molar refractivity (Wildman–Crippen MR) is 120 cm³/mol. The van der Waals surface area contributed by atoms with Gasteiger partial charge in [0, 0.05) is 20.1 Å². The highest BCUT2D eigenvalue weighted by Crippen LogP contribution is 2.38. The van der Waals surface area contributed by atoms with Gasteiger partial charge in [-0.2, -0.15) is 13.2 Å². The predicted octanol–water partition coefficient (Wildman–Crippen LogP) is 8.22. The minimum absolute atomic E-state index is 0.0317. The third kappa shape index (κ3) is 7.08. The highest BCUT2D eigenvalue weighted by Gasteiger charge is 2.35. The zero-order valence-electron chi connectivity index (χ0n) is 19.1. The number of methoxy groups -OCH3 is 2. The van der Waals surface area contributed by atoms with Crippen LogP contribution in [0.25, 0.3) is 11.1 Å². The average molecular weight is 437 g/mol. The maximum Gasteiger partial charge on any atom is 0.416 e. The number of benzene rings is 2. The topological polar surface area (TPSA) is 18.5 Å². The fourth-order valence-electron chi connectivity index (χ4n) is 4.01.